The highest BCUT2D eigenvalue weighted by Gasteiger charge is 2.18. The van der Waals surface area contributed by atoms with E-state index in [1.54, 1.807) is 0 Å². The fourth-order valence-electron chi connectivity index (χ4n) is 5.52. The van der Waals surface area contributed by atoms with Gasteiger partial charge in [0, 0.05) is 41.7 Å². The van der Waals surface area contributed by atoms with Crippen LogP contribution in [0.5, 0.6) is 0 Å². The lowest BCUT2D eigenvalue weighted by atomic mass is 9.98. The molecule has 0 aliphatic heterocycles. The first-order valence-electron chi connectivity index (χ1n) is 11.0. The summed E-state index contributed by atoms with van der Waals surface area (Å²) in [6.45, 7) is 0. The molecule has 8 rings (SSSR count). The van der Waals surface area contributed by atoms with Crippen molar-refractivity contribution in [3.8, 4) is 11.1 Å². The van der Waals surface area contributed by atoms with Crippen molar-refractivity contribution < 1.29 is 0 Å². The zero-order chi connectivity index (χ0) is 20.8. The van der Waals surface area contributed by atoms with Crippen LogP contribution < -0.4 is 0 Å². The van der Waals surface area contributed by atoms with Gasteiger partial charge in [0.15, 0.2) is 0 Å². The van der Waals surface area contributed by atoms with Crippen LogP contribution in [0.1, 0.15) is 0 Å². The Bertz CT molecular complexity index is 1900. The summed E-state index contributed by atoms with van der Waals surface area (Å²) >= 11 is 1.87. The van der Waals surface area contributed by atoms with E-state index >= 15 is 0 Å². The summed E-state index contributed by atoms with van der Waals surface area (Å²) in [6.07, 6.45) is 0. The molecule has 0 fully saturated rings. The van der Waals surface area contributed by atoms with Gasteiger partial charge in [0.05, 0.1) is 16.6 Å². The Morgan fingerprint density at radius 1 is 0.438 bits per heavy atom. The predicted octanol–water partition coefficient (Wildman–Crippen LogP) is 8.87. The van der Waals surface area contributed by atoms with Gasteiger partial charge >= 0.3 is 0 Å². The van der Waals surface area contributed by atoms with Gasteiger partial charge in [-0.1, -0.05) is 60.7 Å². The second kappa shape index (κ2) is 5.87. The van der Waals surface area contributed by atoms with Crippen molar-refractivity contribution in [2.45, 2.75) is 0 Å². The number of hydrogen-bond donors (Lipinski definition) is 0. The Morgan fingerprint density at radius 3 is 1.72 bits per heavy atom. The summed E-state index contributed by atoms with van der Waals surface area (Å²) in [4.78, 5) is 0. The van der Waals surface area contributed by atoms with Gasteiger partial charge in [0.1, 0.15) is 0 Å². The van der Waals surface area contributed by atoms with Gasteiger partial charge in [-0.25, -0.2) is 0 Å². The van der Waals surface area contributed by atoms with Crippen molar-refractivity contribution in [2.24, 2.45) is 0 Å². The number of fused-ring (bicyclic) bond motifs is 9. The fraction of sp³-hybridized carbons (Fsp3) is 0. The molecule has 3 heterocycles. The van der Waals surface area contributed by atoms with Crippen LogP contribution in [0.15, 0.2) is 103 Å². The first-order valence-corrected chi connectivity index (χ1v) is 11.8. The summed E-state index contributed by atoms with van der Waals surface area (Å²) in [5.74, 6) is 0. The van der Waals surface area contributed by atoms with Crippen LogP contribution in [0.2, 0.25) is 0 Å². The van der Waals surface area contributed by atoms with E-state index in [-0.39, 0.29) is 0 Å². The average Bonchev–Trinajstić information content (AvgIpc) is 3.50. The number of aromatic nitrogens is 1. The predicted molar refractivity (Wildman–Crippen MR) is 139 cm³/mol. The third-order valence-electron chi connectivity index (χ3n) is 6.91. The Balaban J connectivity index is 1.52. The van der Waals surface area contributed by atoms with Crippen LogP contribution in [0.25, 0.3) is 69.4 Å². The lowest BCUT2D eigenvalue weighted by Crippen LogP contribution is -1.80. The molecule has 0 radical (unpaired) electrons. The Kier molecular flexibility index (Phi) is 3.08. The smallest absolute Gasteiger partial charge is 0.0620 e. The molecule has 1 nitrogen and oxygen atoms in total. The second-order valence-corrected chi connectivity index (χ2v) is 9.68. The molecule has 0 saturated carbocycles. The molecule has 0 amide bonds. The quantitative estimate of drug-likeness (QED) is 0.248. The van der Waals surface area contributed by atoms with Crippen LogP contribution in [0.4, 0.5) is 0 Å². The minimum absolute atomic E-state index is 1.28. The zero-order valence-corrected chi connectivity index (χ0v) is 18.0. The van der Waals surface area contributed by atoms with Gasteiger partial charge in [-0.2, -0.15) is 0 Å². The minimum atomic E-state index is 1.28. The van der Waals surface area contributed by atoms with Crippen LogP contribution in [-0.4, -0.2) is 4.40 Å². The number of para-hydroxylation sites is 2. The summed E-state index contributed by atoms with van der Waals surface area (Å²) < 4.78 is 5.14. The molecule has 5 aromatic carbocycles. The molecule has 148 valence electrons. The maximum absolute atomic E-state index is 2.44. The number of benzene rings is 5. The van der Waals surface area contributed by atoms with Gasteiger partial charge in [-0.3, -0.25) is 0 Å². The lowest BCUT2D eigenvalue weighted by molar-refractivity contribution is 1.37. The van der Waals surface area contributed by atoms with Gasteiger partial charge in [-0.05, 0) is 53.6 Å². The van der Waals surface area contributed by atoms with E-state index in [1.165, 1.54) is 69.4 Å². The van der Waals surface area contributed by atoms with E-state index in [0.29, 0.717) is 0 Å². The molecule has 3 aromatic heterocycles. The SMILES string of the molecule is c1ccc2c(c1)sc1ccc(-c3cc4c5ccccc5n5c6ccccc6c(c3)c45)cc12. The summed E-state index contributed by atoms with van der Waals surface area (Å²) in [5, 5.41) is 8.01. The molecule has 32 heavy (non-hydrogen) atoms. The van der Waals surface area contributed by atoms with Crippen molar-refractivity contribution in [1.82, 2.24) is 4.40 Å². The topological polar surface area (TPSA) is 4.41 Å². The second-order valence-electron chi connectivity index (χ2n) is 8.60. The Hall–Kier alpha value is -3.88. The molecule has 0 aliphatic rings. The molecule has 0 unspecified atom stereocenters. The highest BCUT2D eigenvalue weighted by Crippen LogP contribution is 2.42. The molecule has 0 atom stereocenters. The molecule has 0 spiro atoms. The molecule has 2 heteroatoms. The fourth-order valence-corrected chi connectivity index (χ4v) is 6.61. The lowest BCUT2D eigenvalue weighted by Gasteiger charge is -2.05. The van der Waals surface area contributed by atoms with Crippen LogP contribution in [0.3, 0.4) is 0 Å². The zero-order valence-electron chi connectivity index (χ0n) is 17.2. The first-order chi connectivity index (χ1) is 15.9. The summed E-state index contributed by atoms with van der Waals surface area (Å²) in [7, 11) is 0. The van der Waals surface area contributed by atoms with Gasteiger partial charge in [-0.15, -0.1) is 11.3 Å². The van der Waals surface area contributed by atoms with E-state index in [1.807, 2.05) is 11.3 Å². The summed E-state index contributed by atoms with van der Waals surface area (Å²) in [6, 6.07) is 38.0. The minimum Gasteiger partial charge on any atom is -0.308 e. The van der Waals surface area contributed by atoms with Gasteiger partial charge < -0.3 is 4.40 Å². The average molecular weight is 424 g/mol. The van der Waals surface area contributed by atoms with E-state index in [2.05, 4.69) is 108 Å². The van der Waals surface area contributed by atoms with Crippen LogP contribution >= 0.6 is 11.3 Å². The highest BCUT2D eigenvalue weighted by molar-refractivity contribution is 7.25. The van der Waals surface area contributed by atoms with Gasteiger partial charge in [0.2, 0.25) is 0 Å². The van der Waals surface area contributed by atoms with Gasteiger partial charge in [0.25, 0.3) is 0 Å². The molecule has 0 aliphatic carbocycles. The maximum atomic E-state index is 2.44. The van der Waals surface area contributed by atoms with Crippen molar-refractivity contribution in [1.29, 1.82) is 0 Å². The molecule has 8 aromatic rings. The monoisotopic (exact) mass is 423 g/mol. The Morgan fingerprint density at radius 2 is 1.00 bits per heavy atom. The number of nitrogens with zero attached hydrogens (tertiary/aromatic N) is 1. The van der Waals surface area contributed by atoms with Crippen molar-refractivity contribution in [3.05, 3.63) is 103 Å². The highest BCUT2D eigenvalue weighted by atomic mass is 32.1. The first kappa shape index (κ1) is 16.8. The molecule has 0 N–H and O–H groups in total. The van der Waals surface area contributed by atoms with Crippen molar-refractivity contribution in [3.63, 3.8) is 0 Å². The largest absolute Gasteiger partial charge is 0.308 e. The van der Waals surface area contributed by atoms with E-state index in [0.717, 1.165) is 0 Å². The molecule has 0 bridgehead atoms. The van der Waals surface area contributed by atoms with E-state index in [9.17, 15) is 0 Å². The summed E-state index contributed by atoms with van der Waals surface area (Å²) in [5.41, 5.74) is 6.46. The van der Waals surface area contributed by atoms with E-state index < -0.39 is 0 Å². The molecule has 0 saturated heterocycles. The standard InChI is InChI=1S/C30H17NS/c1-4-10-26-20(7-1)24-16-19(17-25-21-8-2-5-11-27(21)31(26)30(24)25)18-13-14-29-23(15-18)22-9-3-6-12-28(22)32-29/h1-17H. The number of hydrogen-bond acceptors (Lipinski definition) is 1. The van der Waals surface area contributed by atoms with Crippen molar-refractivity contribution >= 4 is 69.6 Å². The third-order valence-corrected chi connectivity index (χ3v) is 8.07. The number of thiophene rings is 1. The van der Waals surface area contributed by atoms with Crippen LogP contribution in [-0.2, 0) is 0 Å². The Labute approximate surface area is 188 Å². The third kappa shape index (κ3) is 2.03. The van der Waals surface area contributed by atoms with Crippen LogP contribution in [0, 0.1) is 0 Å². The van der Waals surface area contributed by atoms with E-state index in [4.69, 9.17) is 0 Å². The molecular formula is C30H17NS. The molecular weight excluding hydrogens is 406 g/mol. The normalized spacial score (nSPS) is 12.4. The number of rotatable bonds is 1. The van der Waals surface area contributed by atoms with Crippen molar-refractivity contribution in [2.75, 3.05) is 0 Å². The maximum Gasteiger partial charge on any atom is 0.0620 e.